The first-order valence-corrected chi connectivity index (χ1v) is 11.4. The number of hydrogen-bond donors (Lipinski definition) is 1. The number of ether oxygens (including phenoxy) is 1. The van der Waals surface area contributed by atoms with Gasteiger partial charge in [-0.15, -0.1) is 0 Å². The highest BCUT2D eigenvalue weighted by Crippen LogP contribution is 2.65. The van der Waals surface area contributed by atoms with Crippen LogP contribution in [-0.2, 0) is 19.3 Å². The van der Waals surface area contributed by atoms with Gasteiger partial charge >= 0.3 is 5.97 Å². The van der Waals surface area contributed by atoms with Crippen molar-refractivity contribution in [1.29, 1.82) is 0 Å². The third kappa shape index (κ3) is 3.19. The van der Waals surface area contributed by atoms with E-state index in [1.54, 1.807) is 6.92 Å². The van der Waals surface area contributed by atoms with Crippen molar-refractivity contribution in [2.75, 3.05) is 0 Å². The van der Waals surface area contributed by atoms with E-state index in [4.69, 9.17) is 14.5 Å². The first kappa shape index (κ1) is 21.3. The molecule has 0 amide bonds. The zero-order chi connectivity index (χ0) is 21.2. The lowest BCUT2D eigenvalue weighted by molar-refractivity contribution is -0.426. The van der Waals surface area contributed by atoms with Crippen molar-refractivity contribution < 1.29 is 24.4 Å². The number of hydrogen-bond acceptors (Lipinski definition) is 4. The lowest BCUT2D eigenvalue weighted by Gasteiger charge is -2.56. The maximum atomic E-state index is 11.3. The summed E-state index contributed by atoms with van der Waals surface area (Å²) >= 11 is 0. The van der Waals surface area contributed by atoms with Crippen LogP contribution in [0, 0.1) is 29.1 Å². The summed E-state index contributed by atoms with van der Waals surface area (Å²) in [6, 6.07) is 0. The van der Waals surface area contributed by atoms with Gasteiger partial charge in [-0.3, -0.25) is 4.79 Å². The topological polar surface area (TPSA) is 65.0 Å². The van der Waals surface area contributed by atoms with Crippen LogP contribution in [0.25, 0.3) is 0 Å². The molecule has 4 rings (SSSR count). The van der Waals surface area contributed by atoms with Gasteiger partial charge in [-0.1, -0.05) is 25.5 Å². The van der Waals surface area contributed by atoms with Gasteiger partial charge in [-0.05, 0) is 84.0 Å². The van der Waals surface area contributed by atoms with Crippen molar-refractivity contribution in [3.05, 3.63) is 11.6 Å². The number of allylic oxidation sites excluding steroid dienone is 2. The smallest absolute Gasteiger partial charge is 0.308 e. The first-order chi connectivity index (χ1) is 13.5. The molecular weight excluding hydrogens is 368 g/mol. The summed E-state index contributed by atoms with van der Waals surface area (Å²) in [5.74, 6) is 0.317. The third-order valence-corrected chi connectivity index (χ3v) is 9.33. The largest absolute Gasteiger partial charge is 0.481 e. The molecule has 2 aliphatic carbocycles. The van der Waals surface area contributed by atoms with E-state index in [1.165, 1.54) is 24.8 Å². The van der Waals surface area contributed by atoms with E-state index >= 15 is 0 Å². The molecule has 1 N–H and O–H groups in total. The summed E-state index contributed by atoms with van der Waals surface area (Å²) in [4.78, 5) is 22.8. The van der Waals surface area contributed by atoms with Crippen LogP contribution in [0.1, 0.15) is 80.1 Å². The van der Waals surface area contributed by atoms with Crippen LogP contribution in [-0.4, -0.2) is 34.5 Å². The van der Waals surface area contributed by atoms with Gasteiger partial charge in [0.15, 0.2) is 0 Å². The molecule has 2 heterocycles. The monoisotopic (exact) mass is 406 g/mol. The van der Waals surface area contributed by atoms with Gasteiger partial charge in [0.1, 0.15) is 11.7 Å². The molecule has 2 saturated heterocycles. The summed E-state index contributed by atoms with van der Waals surface area (Å²) in [7, 11) is 0. The molecule has 0 radical (unpaired) electrons. The van der Waals surface area contributed by atoms with Crippen molar-refractivity contribution in [1.82, 2.24) is 0 Å². The molecule has 0 aromatic rings. The normalized spacial score (nSPS) is 51.0. The standard InChI is InChI=1S/C24H38O5/c1-14-7-8-18-17(11-14)12-15(2)22(4)13-20(27-24(18,22)6)23(5)10-9-19(28-29-23)16(3)21(25)26/h11,15-20H,7-10,12-13H2,1-6H3,(H,25,26)/t15-,16-,17+,18+,19-,20-,22-,23-,24+/m1/s1. The average Bonchev–Trinajstić information content (AvgIpc) is 2.96. The second-order valence-electron chi connectivity index (χ2n) is 11.0. The van der Waals surface area contributed by atoms with E-state index in [0.29, 0.717) is 24.2 Å². The molecule has 2 aliphatic heterocycles. The van der Waals surface area contributed by atoms with Gasteiger partial charge in [0, 0.05) is 5.41 Å². The van der Waals surface area contributed by atoms with Crippen LogP contribution in [0.15, 0.2) is 11.6 Å². The highest BCUT2D eigenvalue weighted by atomic mass is 17.2. The molecule has 4 aliphatic rings. The Labute approximate surface area is 175 Å². The van der Waals surface area contributed by atoms with Crippen LogP contribution in [0.4, 0.5) is 0 Å². The zero-order valence-electron chi connectivity index (χ0n) is 18.9. The number of fused-ring (bicyclic) bond motifs is 3. The molecule has 164 valence electrons. The summed E-state index contributed by atoms with van der Waals surface area (Å²) in [5, 5.41) is 9.28. The van der Waals surface area contributed by atoms with Crippen LogP contribution >= 0.6 is 0 Å². The number of aliphatic carboxylic acids is 1. The van der Waals surface area contributed by atoms with Gasteiger partial charge in [-0.2, -0.15) is 0 Å². The summed E-state index contributed by atoms with van der Waals surface area (Å²) in [6.45, 7) is 13.2. The molecule has 0 aromatic carbocycles. The average molecular weight is 407 g/mol. The number of carboxylic acid groups (broad SMARTS) is 1. The number of carbonyl (C=O) groups is 1. The van der Waals surface area contributed by atoms with E-state index in [-0.39, 0.29) is 17.1 Å². The Hall–Kier alpha value is -0.910. The molecule has 29 heavy (non-hydrogen) atoms. The van der Waals surface area contributed by atoms with E-state index in [0.717, 1.165) is 12.8 Å². The maximum absolute atomic E-state index is 11.3. The molecule has 5 nitrogen and oxygen atoms in total. The van der Waals surface area contributed by atoms with Gasteiger partial charge in [0.2, 0.25) is 0 Å². The molecule has 0 spiro atoms. The van der Waals surface area contributed by atoms with Crippen LogP contribution in [0.2, 0.25) is 0 Å². The van der Waals surface area contributed by atoms with E-state index in [2.05, 4.69) is 40.7 Å². The Kier molecular flexibility index (Phi) is 5.20. The lowest BCUT2D eigenvalue weighted by Crippen LogP contribution is -2.57. The van der Waals surface area contributed by atoms with Gasteiger partial charge in [0.25, 0.3) is 0 Å². The van der Waals surface area contributed by atoms with Crippen molar-refractivity contribution in [2.45, 2.75) is 103 Å². The Morgan fingerprint density at radius 1 is 1.28 bits per heavy atom. The predicted molar refractivity (Wildman–Crippen MR) is 110 cm³/mol. The Balaban J connectivity index is 1.54. The fourth-order valence-electron chi connectivity index (χ4n) is 6.75. The molecule has 0 unspecified atom stereocenters. The predicted octanol–water partition coefficient (Wildman–Crippen LogP) is 5.14. The number of rotatable bonds is 3. The van der Waals surface area contributed by atoms with E-state index < -0.39 is 23.6 Å². The minimum atomic E-state index is -0.842. The molecular formula is C24H38O5. The van der Waals surface area contributed by atoms with Gasteiger partial charge in [0.05, 0.1) is 17.6 Å². The van der Waals surface area contributed by atoms with Crippen LogP contribution < -0.4 is 0 Å². The summed E-state index contributed by atoms with van der Waals surface area (Å²) in [5.41, 5.74) is 0.924. The van der Waals surface area contributed by atoms with E-state index in [1.807, 2.05) is 0 Å². The lowest BCUT2D eigenvalue weighted by atomic mass is 9.50. The first-order valence-electron chi connectivity index (χ1n) is 11.4. The number of carboxylic acids is 1. The molecule has 5 heteroatoms. The molecule has 0 aromatic heterocycles. The quantitative estimate of drug-likeness (QED) is 0.519. The van der Waals surface area contributed by atoms with Crippen LogP contribution in [0.3, 0.4) is 0 Å². The van der Waals surface area contributed by atoms with Gasteiger partial charge in [-0.25, -0.2) is 9.78 Å². The second-order valence-corrected chi connectivity index (χ2v) is 11.0. The van der Waals surface area contributed by atoms with Gasteiger partial charge < -0.3 is 9.84 Å². The van der Waals surface area contributed by atoms with Crippen LogP contribution in [0.5, 0.6) is 0 Å². The Morgan fingerprint density at radius 3 is 2.62 bits per heavy atom. The Bertz CT molecular complexity index is 693. The van der Waals surface area contributed by atoms with Crippen molar-refractivity contribution >= 4 is 5.97 Å². The summed E-state index contributed by atoms with van der Waals surface area (Å²) < 4.78 is 6.97. The maximum Gasteiger partial charge on any atom is 0.308 e. The van der Waals surface area contributed by atoms with Crippen molar-refractivity contribution in [3.63, 3.8) is 0 Å². The fourth-order valence-corrected chi connectivity index (χ4v) is 6.75. The molecule has 9 atom stereocenters. The fraction of sp³-hybridized carbons (Fsp3) is 0.875. The minimum Gasteiger partial charge on any atom is -0.481 e. The summed E-state index contributed by atoms with van der Waals surface area (Å²) in [6.07, 6.45) is 8.08. The van der Waals surface area contributed by atoms with Crippen molar-refractivity contribution in [3.8, 4) is 0 Å². The second kappa shape index (κ2) is 7.06. The van der Waals surface area contributed by atoms with Crippen molar-refractivity contribution in [2.24, 2.45) is 29.1 Å². The molecule has 1 saturated carbocycles. The SMILES string of the molecule is CC1=C[C@H]2C[C@@H](C)[C@@]3(C)C[C@H]([C@@]4(C)CC[C@H]([C@@H](C)C(=O)O)OO4)O[C@@]3(C)[C@H]2CC1. The Morgan fingerprint density at radius 2 is 2.00 bits per heavy atom. The highest BCUT2D eigenvalue weighted by Gasteiger charge is 2.66. The van der Waals surface area contributed by atoms with E-state index in [9.17, 15) is 9.90 Å². The third-order valence-electron chi connectivity index (χ3n) is 9.33. The minimum absolute atomic E-state index is 0.0354. The molecule has 3 fully saturated rings. The highest BCUT2D eigenvalue weighted by molar-refractivity contribution is 5.70. The zero-order valence-corrected chi connectivity index (χ0v) is 18.9. The molecule has 0 bridgehead atoms.